The van der Waals surface area contributed by atoms with E-state index < -0.39 is 13.5 Å². The van der Waals surface area contributed by atoms with Gasteiger partial charge < -0.3 is 9.64 Å². The van der Waals surface area contributed by atoms with Crippen molar-refractivity contribution in [3.05, 3.63) is 233 Å². The second-order valence-electron chi connectivity index (χ2n) is 22.8. The van der Waals surface area contributed by atoms with Gasteiger partial charge in [-0.05, 0) is 153 Å². The summed E-state index contributed by atoms with van der Waals surface area (Å²) in [4.78, 5) is 2.64. The Labute approximate surface area is 407 Å². The molecule has 69 heavy (non-hydrogen) atoms. The third kappa shape index (κ3) is 5.11. The fourth-order valence-corrected chi connectivity index (χ4v) is 19.2. The molecule has 0 radical (unpaired) electrons. The quantitative estimate of drug-likeness (QED) is 0.152. The lowest BCUT2D eigenvalue weighted by molar-refractivity contribution is 0.430. The molecule has 5 aliphatic rings. The summed E-state index contributed by atoms with van der Waals surface area (Å²) in [6.45, 7) is 18.8. The highest BCUT2D eigenvalue weighted by Crippen LogP contribution is 2.65. The molecule has 0 bridgehead atoms. The first-order chi connectivity index (χ1) is 33.2. The smallest absolute Gasteiger partial charge is 0.182 e. The zero-order valence-corrected chi connectivity index (χ0v) is 41.8. The molecule has 0 saturated carbocycles. The summed E-state index contributed by atoms with van der Waals surface area (Å²) in [6, 6.07) is 73.0. The van der Waals surface area contributed by atoms with E-state index in [1.807, 2.05) is 0 Å². The van der Waals surface area contributed by atoms with Crippen LogP contribution in [0.2, 0.25) is 0 Å². The van der Waals surface area contributed by atoms with Gasteiger partial charge in [0.2, 0.25) is 0 Å². The first-order valence-corrected chi connectivity index (χ1v) is 26.8. The minimum Gasteiger partial charge on any atom is -0.457 e. The molecular weight excluding hydrogens is 851 g/mol. The van der Waals surface area contributed by atoms with Crippen LogP contribution in [0.25, 0.3) is 33.4 Å². The molecule has 14 rings (SSSR count). The highest BCUT2D eigenvalue weighted by atomic mass is 28.3. The Balaban J connectivity index is 1.12. The van der Waals surface area contributed by atoms with Gasteiger partial charge in [-0.25, -0.2) is 0 Å². The van der Waals surface area contributed by atoms with Gasteiger partial charge in [-0.1, -0.05) is 189 Å². The van der Waals surface area contributed by atoms with Crippen molar-refractivity contribution in [3.63, 3.8) is 0 Å². The monoisotopic (exact) mass is 905 g/mol. The number of rotatable bonds is 1. The van der Waals surface area contributed by atoms with Gasteiger partial charge in [0, 0.05) is 22.2 Å². The van der Waals surface area contributed by atoms with Gasteiger partial charge in [0.1, 0.15) is 11.5 Å². The molecule has 4 aliphatic heterocycles. The van der Waals surface area contributed by atoms with Crippen LogP contribution in [-0.4, -0.2) is 8.07 Å². The van der Waals surface area contributed by atoms with E-state index in [1.165, 1.54) is 116 Å². The lowest BCUT2D eigenvalue weighted by Crippen LogP contribution is -2.70. The highest BCUT2D eigenvalue weighted by molar-refractivity contribution is 7.24. The van der Waals surface area contributed by atoms with E-state index in [0.29, 0.717) is 0 Å². The largest absolute Gasteiger partial charge is 0.457 e. The van der Waals surface area contributed by atoms with E-state index in [0.717, 1.165) is 11.5 Å². The van der Waals surface area contributed by atoms with Crippen molar-refractivity contribution in [1.29, 1.82) is 0 Å². The van der Waals surface area contributed by atoms with Crippen LogP contribution >= 0.6 is 0 Å². The van der Waals surface area contributed by atoms with E-state index in [-0.39, 0.29) is 16.2 Å². The minimum absolute atomic E-state index is 0.0903. The third-order valence-corrected chi connectivity index (χ3v) is 21.8. The molecule has 334 valence electrons. The number of hydrogen-bond donors (Lipinski definition) is 0. The van der Waals surface area contributed by atoms with E-state index in [4.69, 9.17) is 4.74 Å². The SMILES string of the molecule is CC(C)(C)c1ccc2c(c1)C1(c3cc(C(C)(C)C)ccc3O2)c2ccccc2N(c2ccc3c(c2)[Si]2(c4ccccc4-c4ccccc42)c2ccccc2-3)c2cc3c(cc21)-c1ccccc1C3(C)C. The molecule has 3 heteroatoms. The molecule has 1 aliphatic carbocycles. The van der Waals surface area contributed by atoms with Crippen LogP contribution < -0.4 is 30.4 Å². The third-order valence-electron chi connectivity index (χ3n) is 16.9. The molecule has 9 aromatic rings. The normalized spacial score (nSPS) is 16.3. The molecule has 0 amide bonds. The molecule has 0 unspecified atom stereocenters. The maximum absolute atomic E-state index is 7.15. The van der Waals surface area contributed by atoms with Crippen molar-refractivity contribution >= 4 is 45.9 Å². The fraction of sp³-hybridized carbons (Fsp3) is 0.182. The summed E-state index contributed by atoms with van der Waals surface area (Å²) in [7, 11) is -2.74. The minimum atomic E-state index is -2.74. The van der Waals surface area contributed by atoms with Crippen molar-refractivity contribution in [3.8, 4) is 44.9 Å². The van der Waals surface area contributed by atoms with Crippen LogP contribution in [0.4, 0.5) is 17.1 Å². The number of anilines is 3. The second kappa shape index (κ2) is 13.5. The highest BCUT2D eigenvalue weighted by Gasteiger charge is 2.56. The van der Waals surface area contributed by atoms with E-state index >= 15 is 0 Å². The van der Waals surface area contributed by atoms with Crippen molar-refractivity contribution in [2.24, 2.45) is 0 Å². The van der Waals surface area contributed by atoms with Gasteiger partial charge >= 0.3 is 0 Å². The second-order valence-corrected chi connectivity index (χ2v) is 26.5. The lowest BCUT2D eigenvalue weighted by atomic mass is 9.59. The summed E-state index contributed by atoms with van der Waals surface area (Å²) >= 11 is 0. The standard InChI is InChI=1S/C66H55NOSi/c1-63(2,3)40-29-33-57-53(35-40)66(54-36-41(64(4,5)6)30-34-58(54)68-57)50-24-14-15-25-55(50)67(56-39-51-48(38-52(56)66)43-19-9-13-23-49(43)65(51,7)8)42-31-32-47-46-22-12-18-28-61(46)69(62(47)37-42)59-26-16-10-20-44(59)45-21-11-17-27-60(45)69/h9-39H,1-8H3. The summed E-state index contributed by atoms with van der Waals surface area (Å²) < 4.78 is 7.15. The van der Waals surface area contributed by atoms with Crippen LogP contribution in [0.1, 0.15) is 99.9 Å². The van der Waals surface area contributed by atoms with Crippen LogP contribution in [-0.2, 0) is 21.7 Å². The molecule has 2 nitrogen and oxygen atoms in total. The molecule has 9 aromatic carbocycles. The molecular formula is C66H55NOSi. The Bertz CT molecular complexity index is 3600. The summed E-state index contributed by atoms with van der Waals surface area (Å²) in [6.07, 6.45) is 0. The number of nitrogens with zero attached hydrogens (tertiary/aromatic N) is 1. The van der Waals surface area contributed by atoms with Gasteiger partial charge in [-0.3, -0.25) is 0 Å². The molecule has 2 spiro atoms. The van der Waals surface area contributed by atoms with E-state index in [2.05, 4.69) is 248 Å². The lowest BCUT2D eigenvalue weighted by Gasteiger charge is -2.49. The number of hydrogen-bond acceptors (Lipinski definition) is 2. The van der Waals surface area contributed by atoms with Gasteiger partial charge in [0.05, 0.1) is 16.8 Å². The Morgan fingerprint density at radius 3 is 1.43 bits per heavy atom. The molecule has 0 saturated heterocycles. The number of ether oxygens (including phenoxy) is 1. The first-order valence-electron chi connectivity index (χ1n) is 24.8. The topological polar surface area (TPSA) is 12.5 Å². The average molecular weight is 906 g/mol. The number of fused-ring (bicyclic) bond motifs is 21. The molecule has 4 heterocycles. The number of para-hydroxylation sites is 1. The van der Waals surface area contributed by atoms with Crippen LogP contribution in [0.3, 0.4) is 0 Å². The molecule has 0 N–H and O–H groups in total. The zero-order valence-electron chi connectivity index (χ0n) is 40.8. The van der Waals surface area contributed by atoms with E-state index in [1.54, 1.807) is 0 Å². The maximum atomic E-state index is 7.15. The van der Waals surface area contributed by atoms with Gasteiger partial charge in [0.15, 0.2) is 8.07 Å². The average Bonchev–Trinajstić information content (AvgIpc) is 3.90. The van der Waals surface area contributed by atoms with Crippen molar-refractivity contribution in [1.82, 2.24) is 0 Å². The van der Waals surface area contributed by atoms with Crippen LogP contribution in [0.15, 0.2) is 188 Å². The Morgan fingerprint density at radius 2 is 0.870 bits per heavy atom. The van der Waals surface area contributed by atoms with Crippen molar-refractivity contribution < 1.29 is 4.74 Å². The fourth-order valence-electron chi connectivity index (χ4n) is 13.6. The predicted octanol–water partition coefficient (Wildman–Crippen LogP) is 14.2. The van der Waals surface area contributed by atoms with Crippen LogP contribution in [0.5, 0.6) is 11.5 Å². The molecule has 0 aromatic heterocycles. The maximum Gasteiger partial charge on any atom is 0.182 e. The first kappa shape index (κ1) is 40.8. The molecule has 0 atom stereocenters. The van der Waals surface area contributed by atoms with Gasteiger partial charge in [-0.15, -0.1) is 0 Å². The summed E-state index contributed by atoms with van der Waals surface area (Å²) in [5, 5.41) is 5.94. The Morgan fingerprint density at radius 1 is 0.377 bits per heavy atom. The van der Waals surface area contributed by atoms with Gasteiger partial charge in [-0.2, -0.15) is 0 Å². The van der Waals surface area contributed by atoms with E-state index in [9.17, 15) is 0 Å². The summed E-state index contributed by atoms with van der Waals surface area (Å²) in [5.41, 5.74) is 20.8. The predicted molar refractivity (Wildman–Crippen MR) is 290 cm³/mol. The van der Waals surface area contributed by atoms with Crippen molar-refractivity contribution in [2.75, 3.05) is 4.90 Å². The number of benzene rings is 9. The summed E-state index contributed by atoms with van der Waals surface area (Å²) in [5.74, 6) is 1.83. The Kier molecular flexibility index (Phi) is 8.00. The van der Waals surface area contributed by atoms with Crippen molar-refractivity contribution in [2.45, 2.75) is 77.0 Å². The molecule has 0 fully saturated rings. The Hall–Kier alpha value is -7.20. The zero-order chi connectivity index (χ0) is 47.0. The van der Waals surface area contributed by atoms with Crippen LogP contribution in [0, 0.1) is 0 Å². The van der Waals surface area contributed by atoms with Gasteiger partial charge in [0.25, 0.3) is 0 Å².